The first-order valence-corrected chi connectivity index (χ1v) is 6.81. The second kappa shape index (κ2) is 6.06. The Morgan fingerprint density at radius 3 is 2.89 bits per heavy atom. The molecule has 4 nitrogen and oxygen atoms in total. The van der Waals surface area contributed by atoms with Gasteiger partial charge in [-0.15, -0.1) is 0 Å². The third kappa shape index (κ3) is 3.47. The Kier molecular flexibility index (Phi) is 4.43. The van der Waals surface area contributed by atoms with Gasteiger partial charge < -0.3 is 15.4 Å². The summed E-state index contributed by atoms with van der Waals surface area (Å²) in [5, 5.41) is 0. The zero-order valence-corrected chi connectivity index (χ0v) is 11.7. The SMILES string of the molecule is Cc1ccc(C(=O)N(C)CC2CCCCO2)c(N)c1. The van der Waals surface area contributed by atoms with Gasteiger partial charge in [-0.2, -0.15) is 0 Å². The number of aryl methyl sites for hydroxylation is 1. The normalized spacial score (nSPS) is 19.2. The quantitative estimate of drug-likeness (QED) is 0.850. The Balaban J connectivity index is 2.01. The molecule has 1 saturated heterocycles. The van der Waals surface area contributed by atoms with Gasteiger partial charge in [0.2, 0.25) is 0 Å². The monoisotopic (exact) mass is 262 g/mol. The van der Waals surface area contributed by atoms with E-state index in [4.69, 9.17) is 10.5 Å². The fraction of sp³-hybridized carbons (Fsp3) is 0.533. The van der Waals surface area contributed by atoms with Crippen LogP contribution >= 0.6 is 0 Å². The van der Waals surface area contributed by atoms with Crippen LogP contribution in [0.15, 0.2) is 18.2 Å². The van der Waals surface area contributed by atoms with E-state index in [1.54, 1.807) is 18.0 Å². The molecule has 2 N–H and O–H groups in total. The van der Waals surface area contributed by atoms with E-state index in [0.717, 1.165) is 25.0 Å². The van der Waals surface area contributed by atoms with Crippen LogP contribution in [0, 0.1) is 6.92 Å². The molecule has 0 bridgehead atoms. The van der Waals surface area contributed by atoms with Gasteiger partial charge in [0.1, 0.15) is 0 Å². The highest BCUT2D eigenvalue weighted by Crippen LogP contribution is 2.18. The topological polar surface area (TPSA) is 55.6 Å². The molecule has 1 aliphatic rings. The van der Waals surface area contributed by atoms with Crippen molar-refractivity contribution in [1.29, 1.82) is 0 Å². The average Bonchev–Trinajstić information content (AvgIpc) is 2.39. The van der Waals surface area contributed by atoms with Crippen molar-refractivity contribution in [3.63, 3.8) is 0 Å². The zero-order valence-electron chi connectivity index (χ0n) is 11.7. The van der Waals surface area contributed by atoms with Crippen molar-refractivity contribution >= 4 is 11.6 Å². The maximum Gasteiger partial charge on any atom is 0.255 e. The number of nitrogens with zero attached hydrogens (tertiary/aromatic N) is 1. The first kappa shape index (κ1) is 13.9. The summed E-state index contributed by atoms with van der Waals surface area (Å²) in [7, 11) is 1.81. The maximum absolute atomic E-state index is 12.3. The molecular weight excluding hydrogens is 240 g/mol. The van der Waals surface area contributed by atoms with Crippen molar-refractivity contribution in [2.45, 2.75) is 32.3 Å². The van der Waals surface area contributed by atoms with Gasteiger partial charge in [-0.25, -0.2) is 0 Å². The number of anilines is 1. The predicted octanol–water partition coefficient (Wildman–Crippen LogP) is 2.22. The highest BCUT2D eigenvalue weighted by atomic mass is 16.5. The van der Waals surface area contributed by atoms with Gasteiger partial charge in [-0.05, 0) is 43.9 Å². The molecule has 1 aliphatic heterocycles. The lowest BCUT2D eigenvalue weighted by Gasteiger charge is -2.27. The minimum Gasteiger partial charge on any atom is -0.398 e. The third-order valence-corrected chi connectivity index (χ3v) is 3.54. The van der Waals surface area contributed by atoms with Crippen LogP contribution in [0.3, 0.4) is 0 Å². The molecule has 1 amide bonds. The number of amides is 1. The lowest BCUT2D eigenvalue weighted by atomic mass is 10.1. The zero-order chi connectivity index (χ0) is 13.8. The predicted molar refractivity (Wildman–Crippen MR) is 76.1 cm³/mol. The summed E-state index contributed by atoms with van der Waals surface area (Å²) in [5.41, 5.74) is 8.09. The Hall–Kier alpha value is -1.55. The van der Waals surface area contributed by atoms with E-state index < -0.39 is 0 Å². The summed E-state index contributed by atoms with van der Waals surface area (Å²) < 4.78 is 5.66. The number of nitrogen functional groups attached to an aromatic ring is 1. The minimum absolute atomic E-state index is 0.0355. The number of likely N-dealkylation sites (N-methyl/N-ethyl adjacent to an activating group) is 1. The molecule has 0 spiro atoms. The van der Waals surface area contributed by atoms with E-state index in [0.29, 0.717) is 17.8 Å². The summed E-state index contributed by atoms with van der Waals surface area (Å²) in [5.74, 6) is -0.0355. The molecule has 1 aromatic rings. The molecule has 0 aromatic heterocycles. The van der Waals surface area contributed by atoms with Crippen LogP contribution in [0.4, 0.5) is 5.69 Å². The highest BCUT2D eigenvalue weighted by Gasteiger charge is 2.20. The Morgan fingerprint density at radius 2 is 2.26 bits per heavy atom. The number of carbonyl (C=O) groups excluding carboxylic acids is 1. The molecule has 1 fully saturated rings. The number of hydrogen-bond donors (Lipinski definition) is 1. The van der Waals surface area contributed by atoms with Crippen LogP contribution in [-0.4, -0.2) is 37.1 Å². The van der Waals surface area contributed by atoms with Crippen LogP contribution in [0.1, 0.15) is 35.2 Å². The Labute approximate surface area is 114 Å². The number of benzene rings is 1. The molecule has 1 heterocycles. The van der Waals surface area contributed by atoms with E-state index in [1.165, 1.54) is 6.42 Å². The van der Waals surface area contributed by atoms with Gasteiger partial charge >= 0.3 is 0 Å². The molecule has 2 rings (SSSR count). The van der Waals surface area contributed by atoms with Crippen molar-refractivity contribution in [2.24, 2.45) is 0 Å². The summed E-state index contributed by atoms with van der Waals surface area (Å²) in [6, 6.07) is 5.54. The molecule has 1 unspecified atom stereocenters. The summed E-state index contributed by atoms with van der Waals surface area (Å²) in [6.07, 6.45) is 3.49. The van der Waals surface area contributed by atoms with Gasteiger partial charge in [0, 0.05) is 25.9 Å². The number of nitrogens with two attached hydrogens (primary N) is 1. The lowest BCUT2D eigenvalue weighted by molar-refractivity contribution is -0.000170. The second-order valence-electron chi connectivity index (χ2n) is 5.26. The fourth-order valence-corrected chi connectivity index (χ4v) is 2.42. The lowest BCUT2D eigenvalue weighted by Crippen LogP contribution is -2.37. The van der Waals surface area contributed by atoms with Crippen LogP contribution < -0.4 is 5.73 Å². The molecule has 1 aromatic carbocycles. The average molecular weight is 262 g/mol. The van der Waals surface area contributed by atoms with Crippen molar-refractivity contribution in [1.82, 2.24) is 4.90 Å². The third-order valence-electron chi connectivity index (χ3n) is 3.54. The Morgan fingerprint density at radius 1 is 1.47 bits per heavy atom. The number of hydrogen-bond acceptors (Lipinski definition) is 3. The Bertz CT molecular complexity index is 453. The molecule has 0 saturated carbocycles. The molecule has 1 atom stereocenters. The van der Waals surface area contributed by atoms with Crippen molar-refractivity contribution < 1.29 is 9.53 Å². The number of rotatable bonds is 3. The van der Waals surface area contributed by atoms with Crippen LogP contribution in [0.25, 0.3) is 0 Å². The highest BCUT2D eigenvalue weighted by molar-refractivity contribution is 5.99. The number of carbonyl (C=O) groups is 1. The van der Waals surface area contributed by atoms with Crippen molar-refractivity contribution in [2.75, 3.05) is 25.9 Å². The maximum atomic E-state index is 12.3. The molecular formula is C15H22N2O2. The van der Waals surface area contributed by atoms with E-state index in [2.05, 4.69) is 0 Å². The summed E-state index contributed by atoms with van der Waals surface area (Å²) >= 11 is 0. The first-order chi connectivity index (χ1) is 9.08. The van der Waals surface area contributed by atoms with Gasteiger partial charge in [-0.3, -0.25) is 4.79 Å². The fourth-order valence-electron chi connectivity index (χ4n) is 2.42. The second-order valence-corrected chi connectivity index (χ2v) is 5.26. The van der Waals surface area contributed by atoms with Gasteiger partial charge in [0.25, 0.3) is 5.91 Å². The van der Waals surface area contributed by atoms with Crippen molar-refractivity contribution in [3.05, 3.63) is 29.3 Å². The summed E-state index contributed by atoms with van der Waals surface area (Å²) in [6.45, 7) is 3.40. The van der Waals surface area contributed by atoms with E-state index in [1.807, 2.05) is 19.1 Å². The van der Waals surface area contributed by atoms with E-state index >= 15 is 0 Å². The smallest absolute Gasteiger partial charge is 0.255 e. The van der Waals surface area contributed by atoms with Gasteiger partial charge in [-0.1, -0.05) is 6.07 Å². The molecule has 0 aliphatic carbocycles. The number of ether oxygens (including phenoxy) is 1. The van der Waals surface area contributed by atoms with Crippen LogP contribution in [0.2, 0.25) is 0 Å². The van der Waals surface area contributed by atoms with Gasteiger partial charge in [0.05, 0.1) is 11.7 Å². The van der Waals surface area contributed by atoms with Crippen LogP contribution in [-0.2, 0) is 4.74 Å². The summed E-state index contributed by atoms with van der Waals surface area (Å²) in [4.78, 5) is 14.0. The van der Waals surface area contributed by atoms with Gasteiger partial charge in [0.15, 0.2) is 0 Å². The van der Waals surface area contributed by atoms with Crippen LogP contribution in [0.5, 0.6) is 0 Å². The minimum atomic E-state index is -0.0355. The largest absolute Gasteiger partial charge is 0.398 e. The molecule has 4 heteroatoms. The molecule has 104 valence electrons. The van der Waals surface area contributed by atoms with E-state index in [-0.39, 0.29) is 12.0 Å². The molecule has 0 radical (unpaired) electrons. The van der Waals surface area contributed by atoms with E-state index in [9.17, 15) is 4.79 Å². The standard InChI is InChI=1S/C15H22N2O2/c1-11-6-7-13(14(16)9-11)15(18)17(2)10-12-5-3-4-8-19-12/h6-7,9,12H,3-5,8,10,16H2,1-2H3. The first-order valence-electron chi connectivity index (χ1n) is 6.81. The molecule has 19 heavy (non-hydrogen) atoms. The van der Waals surface area contributed by atoms with Crippen molar-refractivity contribution in [3.8, 4) is 0 Å².